The molecule has 1 heterocycles. The molecule has 0 radical (unpaired) electrons. The summed E-state index contributed by atoms with van der Waals surface area (Å²) in [5.41, 5.74) is 6.37. The maximum absolute atomic E-state index is 11.5. The van der Waals surface area contributed by atoms with Gasteiger partial charge in [-0.3, -0.25) is 14.9 Å². The highest BCUT2D eigenvalue weighted by Gasteiger charge is 2.21. The van der Waals surface area contributed by atoms with E-state index >= 15 is 0 Å². The molecule has 1 aliphatic heterocycles. The molecule has 3 rings (SSSR count). The molecule has 0 aromatic heterocycles. The van der Waals surface area contributed by atoms with Crippen LogP contribution in [0.15, 0.2) is 30.3 Å². The van der Waals surface area contributed by atoms with Crippen LogP contribution in [0.4, 0.5) is 5.69 Å². The summed E-state index contributed by atoms with van der Waals surface area (Å²) in [6, 6.07) is 7.22. The Bertz CT molecular complexity index is 855. The lowest BCUT2D eigenvalue weighted by molar-refractivity contribution is -0.385. The van der Waals surface area contributed by atoms with Crippen molar-refractivity contribution in [3.63, 3.8) is 0 Å². The van der Waals surface area contributed by atoms with Crippen LogP contribution in [-0.4, -0.2) is 17.6 Å². The molecule has 130 valence electrons. The van der Waals surface area contributed by atoms with E-state index in [2.05, 4.69) is 0 Å². The first-order chi connectivity index (χ1) is 12.0. The zero-order chi connectivity index (χ0) is 18.0. The number of hydrogen-bond acceptors (Lipinski definition) is 6. The van der Waals surface area contributed by atoms with Crippen LogP contribution in [0, 0.1) is 10.1 Å². The number of nitro benzene ring substituents is 1. The zero-order valence-electron chi connectivity index (χ0n) is 12.9. The van der Waals surface area contributed by atoms with Gasteiger partial charge in [-0.2, -0.15) is 0 Å². The van der Waals surface area contributed by atoms with Crippen LogP contribution < -0.4 is 15.2 Å². The fraction of sp³-hybridized carbons (Fsp3) is 0.188. The minimum absolute atomic E-state index is 0.0469. The SMILES string of the molecule is NC(=O)c1cc(Cl)ccc1OCc1cc([N+](=O)[O-])cc2c1OCOC2. The average Bonchev–Trinajstić information content (AvgIpc) is 2.59. The Labute approximate surface area is 147 Å². The minimum atomic E-state index is -0.691. The van der Waals surface area contributed by atoms with Crippen LogP contribution in [0.3, 0.4) is 0 Å². The van der Waals surface area contributed by atoms with Gasteiger partial charge in [-0.05, 0) is 18.2 Å². The van der Waals surface area contributed by atoms with Gasteiger partial charge in [0.05, 0.1) is 17.1 Å². The smallest absolute Gasteiger partial charge is 0.270 e. The molecule has 0 saturated heterocycles. The van der Waals surface area contributed by atoms with Crippen LogP contribution in [-0.2, 0) is 18.0 Å². The van der Waals surface area contributed by atoms with Gasteiger partial charge >= 0.3 is 0 Å². The number of nitrogens with two attached hydrogens (primary N) is 1. The molecular formula is C16H13ClN2O6. The summed E-state index contributed by atoms with van der Waals surface area (Å²) in [4.78, 5) is 22.1. The number of benzene rings is 2. The summed E-state index contributed by atoms with van der Waals surface area (Å²) >= 11 is 5.86. The van der Waals surface area contributed by atoms with Crippen molar-refractivity contribution in [2.24, 2.45) is 5.73 Å². The van der Waals surface area contributed by atoms with Crippen LogP contribution in [0.1, 0.15) is 21.5 Å². The number of nitro groups is 1. The molecular weight excluding hydrogens is 352 g/mol. The van der Waals surface area contributed by atoms with E-state index in [1.807, 2.05) is 0 Å². The molecule has 9 heteroatoms. The number of carbonyl (C=O) groups excluding carboxylic acids is 1. The number of fused-ring (bicyclic) bond motifs is 1. The molecule has 25 heavy (non-hydrogen) atoms. The van der Waals surface area contributed by atoms with Gasteiger partial charge in [0.2, 0.25) is 0 Å². The molecule has 8 nitrogen and oxygen atoms in total. The third-order valence-corrected chi connectivity index (χ3v) is 3.81. The van der Waals surface area contributed by atoms with E-state index in [0.717, 1.165) is 0 Å². The molecule has 2 N–H and O–H groups in total. The highest BCUT2D eigenvalue weighted by molar-refractivity contribution is 6.31. The van der Waals surface area contributed by atoms with Gasteiger partial charge in [0.15, 0.2) is 6.79 Å². The van der Waals surface area contributed by atoms with E-state index in [0.29, 0.717) is 21.9 Å². The molecule has 0 fully saturated rings. The van der Waals surface area contributed by atoms with E-state index in [1.165, 1.54) is 24.3 Å². The third-order valence-electron chi connectivity index (χ3n) is 3.57. The van der Waals surface area contributed by atoms with E-state index < -0.39 is 10.8 Å². The monoisotopic (exact) mass is 364 g/mol. The molecule has 0 spiro atoms. The number of nitrogens with zero attached hydrogens (tertiary/aromatic N) is 1. The fourth-order valence-corrected chi connectivity index (χ4v) is 2.64. The summed E-state index contributed by atoms with van der Waals surface area (Å²) in [6.45, 7) is 0.203. The summed E-state index contributed by atoms with van der Waals surface area (Å²) in [6.07, 6.45) is 0. The number of ether oxygens (including phenoxy) is 3. The second-order valence-corrected chi connectivity index (χ2v) is 5.69. The van der Waals surface area contributed by atoms with E-state index in [4.69, 9.17) is 31.5 Å². The summed E-state index contributed by atoms with van der Waals surface area (Å²) in [5, 5.41) is 11.4. The molecule has 2 aromatic rings. The van der Waals surface area contributed by atoms with Crippen molar-refractivity contribution < 1.29 is 23.9 Å². The van der Waals surface area contributed by atoms with Crippen molar-refractivity contribution in [1.29, 1.82) is 0 Å². The Morgan fingerprint density at radius 3 is 2.88 bits per heavy atom. The van der Waals surface area contributed by atoms with Crippen molar-refractivity contribution in [1.82, 2.24) is 0 Å². The second-order valence-electron chi connectivity index (χ2n) is 5.25. The molecule has 1 aliphatic rings. The highest BCUT2D eigenvalue weighted by atomic mass is 35.5. The topological polar surface area (TPSA) is 114 Å². The van der Waals surface area contributed by atoms with Crippen molar-refractivity contribution in [2.75, 3.05) is 6.79 Å². The molecule has 0 aliphatic carbocycles. The minimum Gasteiger partial charge on any atom is -0.488 e. The van der Waals surface area contributed by atoms with Crippen LogP contribution >= 0.6 is 11.6 Å². The molecule has 0 atom stereocenters. The first kappa shape index (κ1) is 17.0. The number of non-ortho nitro benzene ring substituents is 1. The molecule has 0 saturated carbocycles. The van der Waals surface area contributed by atoms with Crippen molar-refractivity contribution in [2.45, 2.75) is 13.2 Å². The van der Waals surface area contributed by atoms with Gasteiger partial charge < -0.3 is 19.9 Å². The molecule has 0 bridgehead atoms. The number of rotatable bonds is 5. The quantitative estimate of drug-likeness (QED) is 0.644. The summed E-state index contributed by atoms with van der Waals surface area (Å²) < 4.78 is 16.2. The largest absolute Gasteiger partial charge is 0.488 e. The van der Waals surface area contributed by atoms with Gasteiger partial charge in [-0.1, -0.05) is 11.6 Å². The maximum atomic E-state index is 11.5. The van der Waals surface area contributed by atoms with Crippen molar-refractivity contribution in [3.8, 4) is 11.5 Å². The molecule has 1 amide bonds. The maximum Gasteiger partial charge on any atom is 0.270 e. The Kier molecular flexibility index (Phi) is 4.73. The third kappa shape index (κ3) is 3.65. The zero-order valence-corrected chi connectivity index (χ0v) is 13.6. The Balaban J connectivity index is 1.92. The predicted octanol–water partition coefficient (Wildman–Crippen LogP) is 2.79. The van der Waals surface area contributed by atoms with Gasteiger partial charge in [0, 0.05) is 28.3 Å². The first-order valence-electron chi connectivity index (χ1n) is 7.18. The normalized spacial score (nSPS) is 12.8. The second kappa shape index (κ2) is 6.96. The lowest BCUT2D eigenvalue weighted by atomic mass is 10.1. The van der Waals surface area contributed by atoms with E-state index in [-0.39, 0.29) is 37.0 Å². The molecule has 2 aromatic carbocycles. The van der Waals surface area contributed by atoms with Gasteiger partial charge in [-0.25, -0.2) is 0 Å². The van der Waals surface area contributed by atoms with E-state index in [1.54, 1.807) is 6.07 Å². The highest BCUT2D eigenvalue weighted by Crippen LogP contribution is 2.34. The lowest BCUT2D eigenvalue weighted by Gasteiger charge is -2.21. The predicted molar refractivity (Wildman–Crippen MR) is 87.7 cm³/mol. The van der Waals surface area contributed by atoms with Gasteiger partial charge in [-0.15, -0.1) is 0 Å². The first-order valence-corrected chi connectivity index (χ1v) is 7.56. The summed E-state index contributed by atoms with van der Waals surface area (Å²) in [5.74, 6) is 0.0128. The Morgan fingerprint density at radius 1 is 1.36 bits per heavy atom. The van der Waals surface area contributed by atoms with Crippen LogP contribution in [0.25, 0.3) is 0 Å². The van der Waals surface area contributed by atoms with Gasteiger partial charge in [0.1, 0.15) is 18.1 Å². The number of primary amides is 1. The van der Waals surface area contributed by atoms with Crippen LogP contribution in [0.5, 0.6) is 11.5 Å². The summed E-state index contributed by atoms with van der Waals surface area (Å²) in [7, 11) is 0. The number of halogens is 1. The van der Waals surface area contributed by atoms with E-state index in [9.17, 15) is 14.9 Å². The Morgan fingerprint density at radius 2 is 2.16 bits per heavy atom. The fourth-order valence-electron chi connectivity index (χ4n) is 2.47. The standard InChI is InChI=1S/C16H13ClN2O6/c17-11-1-2-14(13(5-11)16(18)20)24-7-10-4-12(19(21)22)3-9-6-23-8-25-15(9)10/h1-5H,6-8H2,(H2,18,20). The van der Waals surface area contributed by atoms with Crippen molar-refractivity contribution in [3.05, 3.63) is 62.2 Å². The molecule has 0 unspecified atom stereocenters. The lowest BCUT2D eigenvalue weighted by Crippen LogP contribution is -2.15. The number of hydrogen-bond donors (Lipinski definition) is 1. The van der Waals surface area contributed by atoms with Crippen LogP contribution in [0.2, 0.25) is 5.02 Å². The Hall–Kier alpha value is -2.84. The average molecular weight is 365 g/mol. The number of amides is 1. The number of carbonyl (C=O) groups is 1. The van der Waals surface area contributed by atoms with Crippen molar-refractivity contribution >= 4 is 23.2 Å². The van der Waals surface area contributed by atoms with Gasteiger partial charge in [0.25, 0.3) is 11.6 Å².